The second-order valence-corrected chi connectivity index (χ2v) is 3.42. The monoisotopic (exact) mass is 157 g/mol. The lowest BCUT2D eigenvalue weighted by atomic mass is 10.0. The minimum atomic E-state index is -0.720. The van der Waals surface area contributed by atoms with Gasteiger partial charge in [-0.15, -0.1) is 6.58 Å². The molecule has 0 saturated carbocycles. The maximum atomic E-state index is 9.48. The highest BCUT2D eigenvalue weighted by Crippen LogP contribution is 2.08. The van der Waals surface area contributed by atoms with Crippen LogP contribution in [0.2, 0.25) is 0 Å². The van der Waals surface area contributed by atoms with E-state index in [1.807, 2.05) is 0 Å². The zero-order valence-electron chi connectivity index (χ0n) is 7.72. The quantitative estimate of drug-likeness (QED) is 0.590. The molecule has 0 aromatic rings. The van der Waals surface area contributed by atoms with Crippen molar-refractivity contribution in [2.45, 2.75) is 38.8 Å². The lowest BCUT2D eigenvalue weighted by Crippen LogP contribution is -2.31. The second kappa shape index (κ2) is 4.52. The van der Waals surface area contributed by atoms with Crippen LogP contribution in [0.25, 0.3) is 0 Å². The van der Waals surface area contributed by atoms with Crippen molar-refractivity contribution in [1.29, 1.82) is 0 Å². The second-order valence-electron chi connectivity index (χ2n) is 3.42. The summed E-state index contributed by atoms with van der Waals surface area (Å²) in [5, 5.41) is 12.7. The fourth-order valence-electron chi connectivity index (χ4n) is 0.716. The summed E-state index contributed by atoms with van der Waals surface area (Å²) in [4.78, 5) is 0. The van der Waals surface area contributed by atoms with Crippen LogP contribution >= 0.6 is 0 Å². The third-order valence-electron chi connectivity index (χ3n) is 1.62. The summed E-state index contributed by atoms with van der Waals surface area (Å²) in [6, 6.07) is 0.482. The Morgan fingerprint density at radius 2 is 2.18 bits per heavy atom. The van der Waals surface area contributed by atoms with Crippen LogP contribution < -0.4 is 5.32 Å². The van der Waals surface area contributed by atoms with Crippen molar-refractivity contribution in [3.8, 4) is 0 Å². The van der Waals surface area contributed by atoms with Crippen LogP contribution in [0, 0.1) is 0 Å². The van der Waals surface area contributed by atoms with Gasteiger partial charge in [0.05, 0.1) is 5.60 Å². The number of rotatable bonds is 5. The van der Waals surface area contributed by atoms with Crippen molar-refractivity contribution in [1.82, 2.24) is 5.32 Å². The van der Waals surface area contributed by atoms with Crippen LogP contribution in [0.5, 0.6) is 0 Å². The Hall–Kier alpha value is -0.340. The molecule has 0 aliphatic heterocycles. The highest BCUT2D eigenvalue weighted by molar-refractivity contribution is 4.91. The van der Waals surface area contributed by atoms with E-state index in [1.165, 1.54) is 0 Å². The lowest BCUT2D eigenvalue weighted by molar-refractivity contribution is 0.102. The van der Waals surface area contributed by atoms with Crippen LogP contribution in [0.3, 0.4) is 0 Å². The van der Waals surface area contributed by atoms with Gasteiger partial charge in [-0.1, -0.05) is 19.9 Å². The SMILES string of the molecule is C=CC(C)(O)CCNC(C)C. The minimum absolute atomic E-state index is 0.482. The molecule has 2 heteroatoms. The molecule has 0 aliphatic carbocycles. The molecule has 1 unspecified atom stereocenters. The first-order valence-corrected chi connectivity index (χ1v) is 4.07. The Kier molecular flexibility index (Phi) is 4.38. The zero-order chi connectivity index (χ0) is 8.91. The molecule has 0 fully saturated rings. The van der Waals surface area contributed by atoms with E-state index in [2.05, 4.69) is 25.7 Å². The molecule has 66 valence electrons. The van der Waals surface area contributed by atoms with Gasteiger partial charge in [0.1, 0.15) is 0 Å². The number of nitrogens with one attached hydrogen (secondary N) is 1. The van der Waals surface area contributed by atoms with E-state index < -0.39 is 5.60 Å². The van der Waals surface area contributed by atoms with Gasteiger partial charge in [0, 0.05) is 6.04 Å². The standard InChI is InChI=1S/C9H19NO/c1-5-9(4,11)6-7-10-8(2)3/h5,8,10-11H,1,6-7H2,2-4H3. The summed E-state index contributed by atoms with van der Waals surface area (Å²) < 4.78 is 0. The molecule has 0 saturated heterocycles. The Bertz CT molecular complexity index is 119. The highest BCUT2D eigenvalue weighted by atomic mass is 16.3. The van der Waals surface area contributed by atoms with Crippen LogP contribution in [-0.2, 0) is 0 Å². The van der Waals surface area contributed by atoms with Gasteiger partial charge in [0.2, 0.25) is 0 Å². The third-order valence-corrected chi connectivity index (χ3v) is 1.62. The van der Waals surface area contributed by atoms with Crippen molar-refractivity contribution in [3.05, 3.63) is 12.7 Å². The molecular weight excluding hydrogens is 138 g/mol. The maximum absolute atomic E-state index is 9.48. The molecule has 11 heavy (non-hydrogen) atoms. The highest BCUT2D eigenvalue weighted by Gasteiger charge is 2.13. The minimum Gasteiger partial charge on any atom is -0.386 e. The Morgan fingerprint density at radius 3 is 2.55 bits per heavy atom. The van der Waals surface area contributed by atoms with E-state index in [0.29, 0.717) is 12.5 Å². The molecule has 0 radical (unpaired) electrons. The molecule has 0 heterocycles. The molecule has 0 bridgehead atoms. The van der Waals surface area contributed by atoms with E-state index in [1.54, 1.807) is 13.0 Å². The molecule has 0 spiro atoms. The first-order valence-electron chi connectivity index (χ1n) is 4.07. The molecular formula is C9H19NO. The predicted molar refractivity (Wildman–Crippen MR) is 48.6 cm³/mol. The van der Waals surface area contributed by atoms with E-state index in [0.717, 1.165) is 6.54 Å². The van der Waals surface area contributed by atoms with Gasteiger partial charge in [-0.05, 0) is 19.9 Å². The van der Waals surface area contributed by atoms with Crippen molar-refractivity contribution < 1.29 is 5.11 Å². The zero-order valence-corrected chi connectivity index (χ0v) is 7.72. The maximum Gasteiger partial charge on any atom is 0.0809 e. The third kappa shape index (κ3) is 6.07. The van der Waals surface area contributed by atoms with Crippen molar-refractivity contribution in [2.24, 2.45) is 0 Å². The van der Waals surface area contributed by atoms with E-state index in [9.17, 15) is 5.11 Å². The van der Waals surface area contributed by atoms with Gasteiger partial charge >= 0.3 is 0 Å². The average Bonchev–Trinajstić information content (AvgIpc) is 1.87. The Morgan fingerprint density at radius 1 is 1.64 bits per heavy atom. The largest absolute Gasteiger partial charge is 0.386 e. The van der Waals surface area contributed by atoms with Crippen LogP contribution in [0.4, 0.5) is 0 Å². The molecule has 2 nitrogen and oxygen atoms in total. The average molecular weight is 157 g/mol. The number of hydrogen-bond donors (Lipinski definition) is 2. The number of hydrogen-bond acceptors (Lipinski definition) is 2. The molecule has 0 rings (SSSR count). The van der Waals surface area contributed by atoms with E-state index >= 15 is 0 Å². The van der Waals surface area contributed by atoms with Gasteiger partial charge in [0.15, 0.2) is 0 Å². The van der Waals surface area contributed by atoms with Gasteiger partial charge in [-0.25, -0.2) is 0 Å². The molecule has 0 aromatic heterocycles. The van der Waals surface area contributed by atoms with Gasteiger partial charge in [-0.2, -0.15) is 0 Å². The van der Waals surface area contributed by atoms with E-state index in [4.69, 9.17) is 0 Å². The molecule has 1 atom stereocenters. The van der Waals surface area contributed by atoms with Gasteiger partial charge in [-0.3, -0.25) is 0 Å². The summed E-state index contributed by atoms with van der Waals surface area (Å²) in [6.07, 6.45) is 2.30. The summed E-state index contributed by atoms with van der Waals surface area (Å²) >= 11 is 0. The Balaban J connectivity index is 3.45. The van der Waals surface area contributed by atoms with Crippen LogP contribution in [0.1, 0.15) is 27.2 Å². The first-order chi connectivity index (χ1) is 4.98. The normalized spacial score (nSPS) is 16.5. The van der Waals surface area contributed by atoms with Crippen molar-refractivity contribution in [2.75, 3.05) is 6.54 Å². The fourth-order valence-corrected chi connectivity index (χ4v) is 0.716. The topological polar surface area (TPSA) is 32.3 Å². The predicted octanol–water partition coefficient (Wildman–Crippen LogP) is 1.31. The van der Waals surface area contributed by atoms with Crippen molar-refractivity contribution >= 4 is 0 Å². The first kappa shape index (κ1) is 10.7. The Labute approximate surface area is 69.3 Å². The van der Waals surface area contributed by atoms with Crippen molar-refractivity contribution in [3.63, 3.8) is 0 Å². The molecule has 0 aliphatic rings. The summed E-state index contributed by atoms with van der Waals surface area (Å²) in [6.45, 7) is 10.3. The molecule has 2 N–H and O–H groups in total. The summed E-state index contributed by atoms with van der Waals surface area (Å²) in [5.74, 6) is 0. The smallest absolute Gasteiger partial charge is 0.0809 e. The molecule has 0 aromatic carbocycles. The van der Waals surface area contributed by atoms with E-state index in [-0.39, 0.29) is 0 Å². The summed E-state index contributed by atoms with van der Waals surface area (Å²) in [5.41, 5.74) is -0.720. The van der Waals surface area contributed by atoms with Crippen LogP contribution in [0.15, 0.2) is 12.7 Å². The lowest BCUT2D eigenvalue weighted by Gasteiger charge is -2.19. The van der Waals surface area contributed by atoms with Crippen LogP contribution in [-0.4, -0.2) is 23.3 Å². The van der Waals surface area contributed by atoms with Gasteiger partial charge < -0.3 is 10.4 Å². The molecule has 0 amide bonds. The number of aliphatic hydroxyl groups is 1. The van der Waals surface area contributed by atoms with Gasteiger partial charge in [0.25, 0.3) is 0 Å². The fraction of sp³-hybridized carbons (Fsp3) is 0.778. The summed E-state index contributed by atoms with van der Waals surface area (Å²) in [7, 11) is 0.